The maximum absolute atomic E-state index is 11.2. The maximum Gasteiger partial charge on any atom is 0.248 e. The van der Waals surface area contributed by atoms with Gasteiger partial charge in [0.05, 0.1) is 19.3 Å². The quantitative estimate of drug-likeness (QED) is 0.899. The molecule has 3 rings (SSSR count). The Kier molecular flexibility index (Phi) is 5.30. The van der Waals surface area contributed by atoms with E-state index in [4.69, 9.17) is 15.2 Å². The highest BCUT2D eigenvalue weighted by Crippen LogP contribution is 2.34. The number of methoxy groups -OCH3 is 1. The number of benzene rings is 1. The van der Waals surface area contributed by atoms with Gasteiger partial charge in [0.2, 0.25) is 5.91 Å². The SMILES string of the molecule is COC1CCCC1C1COCCN1Cc1ccc(C(N)=O)cc1. The van der Waals surface area contributed by atoms with Gasteiger partial charge in [-0.25, -0.2) is 0 Å². The van der Waals surface area contributed by atoms with Gasteiger partial charge >= 0.3 is 0 Å². The third kappa shape index (κ3) is 3.74. The summed E-state index contributed by atoms with van der Waals surface area (Å²) >= 11 is 0. The van der Waals surface area contributed by atoms with E-state index >= 15 is 0 Å². The number of amides is 1. The number of hydrogen-bond donors (Lipinski definition) is 1. The zero-order valence-corrected chi connectivity index (χ0v) is 13.7. The van der Waals surface area contributed by atoms with Crippen molar-refractivity contribution in [2.45, 2.75) is 38.0 Å². The fourth-order valence-corrected chi connectivity index (χ4v) is 3.94. The smallest absolute Gasteiger partial charge is 0.248 e. The summed E-state index contributed by atoms with van der Waals surface area (Å²) in [7, 11) is 1.82. The summed E-state index contributed by atoms with van der Waals surface area (Å²) in [5, 5.41) is 0. The Morgan fingerprint density at radius 3 is 2.83 bits per heavy atom. The molecule has 1 amide bonds. The molecule has 1 aromatic carbocycles. The van der Waals surface area contributed by atoms with Gasteiger partial charge in [-0.15, -0.1) is 0 Å². The third-order valence-electron chi connectivity index (χ3n) is 5.21. The number of nitrogens with zero attached hydrogens (tertiary/aromatic N) is 1. The topological polar surface area (TPSA) is 64.8 Å². The fourth-order valence-electron chi connectivity index (χ4n) is 3.94. The fraction of sp³-hybridized carbons (Fsp3) is 0.611. The van der Waals surface area contributed by atoms with Crippen molar-refractivity contribution in [3.8, 4) is 0 Å². The molecule has 0 aromatic heterocycles. The Hall–Kier alpha value is -1.43. The van der Waals surface area contributed by atoms with Crippen LogP contribution in [0.1, 0.15) is 35.2 Å². The van der Waals surface area contributed by atoms with Crippen molar-refractivity contribution in [1.29, 1.82) is 0 Å². The molecule has 3 atom stereocenters. The van der Waals surface area contributed by atoms with Crippen molar-refractivity contribution in [1.82, 2.24) is 4.90 Å². The summed E-state index contributed by atoms with van der Waals surface area (Å²) in [4.78, 5) is 13.7. The van der Waals surface area contributed by atoms with Crippen LogP contribution in [0.3, 0.4) is 0 Å². The van der Waals surface area contributed by atoms with Crippen molar-refractivity contribution in [3.05, 3.63) is 35.4 Å². The Balaban J connectivity index is 1.70. The minimum absolute atomic E-state index is 0.349. The Labute approximate surface area is 137 Å². The number of primary amides is 1. The normalized spacial score (nSPS) is 28.8. The van der Waals surface area contributed by atoms with E-state index in [1.165, 1.54) is 18.4 Å². The van der Waals surface area contributed by atoms with E-state index in [1.807, 2.05) is 19.2 Å². The van der Waals surface area contributed by atoms with Crippen molar-refractivity contribution >= 4 is 5.91 Å². The second kappa shape index (κ2) is 7.43. The standard InChI is InChI=1S/C18H26N2O3/c1-22-17-4-2-3-15(17)16-12-23-10-9-20(16)11-13-5-7-14(8-6-13)18(19)21/h5-8,15-17H,2-4,9-12H2,1H3,(H2,19,21). The molecule has 126 valence electrons. The van der Waals surface area contributed by atoms with Crippen LogP contribution < -0.4 is 5.73 Å². The molecule has 0 radical (unpaired) electrons. The van der Waals surface area contributed by atoms with Crippen LogP contribution in [0, 0.1) is 5.92 Å². The highest BCUT2D eigenvalue weighted by molar-refractivity contribution is 5.92. The van der Waals surface area contributed by atoms with Crippen LogP contribution in [0.15, 0.2) is 24.3 Å². The first-order valence-corrected chi connectivity index (χ1v) is 8.42. The molecule has 2 aliphatic rings. The van der Waals surface area contributed by atoms with Gasteiger partial charge < -0.3 is 15.2 Å². The predicted octanol–water partition coefficient (Wildman–Crippen LogP) is 1.80. The van der Waals surface area contributed by atoms with Crippen LogP contribution in [0.25, 0.3) is 0 Å². The van der Waals surface area contributed by atoms with E-state index in [2.05, 4.69) is 4.90 Å². The van der Waals surface area contributed by atoms with Gasteiger partial charge in [-0.3, -0.25) is 9.69 Å². The average Bonchev–Trinajstić information content (AvgIpc) is 3.04. The van der Waals surface area contributed by atoms with Crippen LogP contribution >= 0.6 is 0 Å². The van der Waals surface area contributed by atoms with E-state index in [9.17, 15) is 4.79 Å². The van der Waals surface area contributed by atoms with Crippen LogP contribution in [0.5, 0.6) is 0 Å². The average molecular weight is 318 g/mol. The molecule has 2 N–H and O–H groups in total. The molecule has 23 heavy (non-hydrogen) atoms. The number of ether oxygens (including phenoxy) is 2. The van der Waals surface area contributed by atoms with E-state index in [0.29, 0.717) is 23.6 Å². The van der Waals surface area contributed by atoms with Crippen LogP contribution in [-0.2, 0) is 16.0 Å². The second-order valence-corrected chi connectivity index (χ2v) is 6.54. The molecule has 3 unspecified atom stereocenters. The predicted molar refractivity (Wildman–Crippen MR) is 88.1 cm³/mol. The zero-order valence-electron chi connectivity index (χ0n) is 13.7. The van der Waals surface area contributed by atoms with Crippen molar-refractivity contribution in [2.75, 3.05) is 26.9 Å². The minimum Gasteiger partial charge on any atom is -0.381 e. The van der Waals surface area contributed by atoms with Gasteiger partial charge in [-0.05, 0) is 30.5 Å². The lowest BCUT2D eigenvalue weighted by atomic mass is 9.93. The number of hydrogen-bond acceptors (Lipinski definition) is 4. The number of rotatable bonds is 5. The summed E-state index contributed by atoms with van der Waals surface area (Å²) < 4.78 is 11.4. The molecular weight excluding hydrogens is 292 g/mol. The lowest BCUT2D eigenvalue weighted by molar-refractivity contribution is -0.0608. The molecule has 1 heterocycles. The highest BCUT2D eigenvalue weighted by Gasteiger charge is 2.38. The highest BCUT2D eigenvalue weighted by atomic mass is 16.5. The molecular formula is C18H26N2O3. The van der Waals surface area contributed by atoms with Gasteiger partial charge in [-0.2, -0.15) is 0 Å². The van der Waals surface area contributed by atoms with Gasteiger partial charge in [-0.1, -0.05) is 18.6 Å². The van der Waals surface area contributed by atoms with E-state index < -0.39 is 0 Å². The van der Waals surface area contributed by atoms with E-state index in [-0.39, 0.29) is 5.91 Å². The zero-order chi connectivity index (χ0) is 16.2. The summed E-state index contributed by atoms with van der Waals surface area (Å²) in [5.74, 6) is 0.167. The van der Waals surface area contributed by atoms with Crippen LogP contribution in [0.4, 0.5) is 0 Å². The van der Waals surface area contributed by atoms with Crippen molar-refractivity contribution in [3.63, 3.8) is 0 Å². The Bertz CT molecular complexity index is 532. The van der Waals surface area contributed by atoms with Crippen LogP contribution in [-0.4, -0.2) is 49.8 Å². The van der Waals surface area contributed by atoms with Crippen LogP contribution in [0.2, 0.25) is 0 Å². The first kappa shape index (κ1) is 16.4. The van der Waals surface area contributed by atoms with Gasteiger partial charge in [0.25, 0.3) is 0 Å². The Morgan fingerprint density at radius 1 is 1.35 bits per heavy atom. The van der Waals surface area contributed by atoms with Gasteiger partial charge in [0.15, 0.2) is 0 Å². The minimum atomic E-state index is -0.380. The molecule has 5 heteroatoms. The van der Waals surface area contributed by atoms with E-state index in [1.54, 1.807) is 12.1 Å². The monoisotopic (exact) mass is 318 g/mol. The molecule has 5 nitrogen and oxygen atoms in total. The number of morpholine rings is 1. The summed E-state index contributed by atoms with van der Waals surface area (Å²) in [6.45, 7) is 3.37. The van der Waals surface area contributed by atoms with E-state index in [0.717, 1.165) is 32.7 Å². The molecule has 0 bridgehead atoms. The molecule has 0 spiro atoms. The lowest BCUT2D eigenvalue weighted by Gasteiger charge is -2.40. The summed E-state index contributed by atoms with van der Waals surface area (Å²) in [6.07, 6.45) is 3.95. The Morgan fingerprint density at radius 2 is 2.13 bits per heavy atom. The summed E-state index contributed by atoms with van der Waals surface area (Å²) in [6, 6.07) is 8.01. The lowest BCUT2D eigenvalue weighted by Crippen LogP contribution is -2.50. The third-order valence-corrected chi connectivity index (χ3v) is 5.21. The molecule has 1 saturated heterocycles. The molecule has 1 saturated carbocycles. The second-order valence-electron chi connectivity index (χ2n) is 6.54. The maximum atomic E-state index is 11.2. The molecule has 2 fully saturated rings. The van der Waals surface area contributed by atoms with Gasteiger partial charge in [0.1, 0.15) is 0 Å². The molecule has 1 aliphatic heterocycles. The first-order chi connectivity index (χ1) is 11.2. The number of nitrogens with two attached hydrogens (primary N) is 1. The van der Waals surface area contributed by atoms with Crippen molar-refractivity contribution in [2.24, 2.45) is 11.7 Å². The largest absolute Gasteiger partial charge is 0.381 e. The first-order valence-electron chi connectivity index (χ1n) is 8.42. The van der Waals surface area contributed by atoms with Gasteiger partial charge in [0, 0.05) is 37.7 Å². The molecule has 1 aliphatic carbocycles. The van der Waals surface area contributed by atoms with Crippen molar-refractivity contribution < 1.29 is 14.3 Å². The number of carbonyl (C=O) groups excluding carboxylic acids is 1. The summed E-state index contributed by atoms with van der Waals surface area (Å²) in [5.41, 5.74) is 7.06. The molecule has 1 aromatic rings. The number of carbonyl (C=O) groups is 1.